The zero-order valence-corrected chi connectivity index (χ0v) is 18.7. The molecule has 4 aromatic rings. The van der Waals surface area contributed by atoms with Crippen LogP contribution in [0.25, 0.3) is 11.4 Å². The lowest BCUT2D eigenvalue weighted by Crippen LogP contribution is -2.15. The fourth-order valence-electron chi connectivity index (χ4n) is 3.30. The number of nitrogens with zero attached hydrogens (tertiary/aromatic N) is 4. The van der Waals surface area contributed by atoms with Gasteiger partial charge in [-0.2, -0.15) is 13.2 Å². The van der Waals surface area contributed by atoms with Crippen molar-refractivity contribution in [3.63, 3.8) is 0 Å². The second kappa shape index (κ2) is 10.5. The average molecular weight is 484 g/mol. The van der Waals surface area contributed by atoms with Crippen LogP contribution in [0.3, 0.4) is 0 Å². The minimum Gasteiger partial charge on any atom is -0.325 e. The van der Waals surface area contributed by atoms with E-state index in [1.165, 1.54) is 23.9 Å². The SMILES string of the molecule is O=C(CSc1nnc(-c2ccncc2)n1CCc1ccccc1)Nc1cccc(C(F)(F)F)c1. The highest BCUT2D eigenvalue weighted by Gasteiger charge is 2.30. The standard InChI is InChI=1S/C24H20F3N5OS/c25-24(26,27)19-7-4-8-20(15-19)29-21(33)16-34-23-31-30-22(18-9-12-28-13-10-18)32(23)14-11-17-5-2-1-3-6-17/h1-10,12-13,15H,11,14,16H2,(H,29,33). The van der Waals surface area contributed by atoms with E-state index in [-0.39, 0.29) is 11.4 Å². The number of amides is 1. The van der Waals surface area contributed by atoms with Crippen LogP contribution in [0.15, 0.2) is 84.3 Å². The Bertz CT molecular complexity index is 1250. The Kier molecular flexibility index (Phi) is 7.27. The Morgan fingerprint density at radius 2 is 1.74 bits per heavy atom. The number of carbonyl (C=O) groups excluding carboxylic acids is 1. The first-order chi connectivity index (χ1) is 16.4. The molecule has 6 nitrogen and oxygen atoms in total. The van der Waals surface area contributed by atoms with Gasteiger partial charge in [-0.1, -0.05) is 48.2 Å². The molecule has 0 fully saturated rings. The number of hydrogen-bond donors (Lipinski definition) is 1. The lowest BCUT2D eigenvalue weighted by molar-refractivity contribution is -0.137. The van der Waals surface area contributed by atoms with Crippen molar-refractivity contribution in [1.29, 1.82) is 0 Å². The van der Waals surface area contributed by atoms with Gasteiger partial charge in [-0.05, 0) is 42.3 Å². The van der Waals surface area contributed by atoms with E-state index in [9.17, 15) is 18.0 Å². The van der Waals surface area contributed by atoms with Crippen molar-refractivity contribution in [2.45, 2.75) is 24.3 Å². The first kappa shape index (κ1) is 23.5. The molecule has 0 saturated carbocycles. The Morgan fingerprint density at radius 1 is 0.971 bits per heavy atom. The number of aryl methyl sites for hydroxylation is 1. The fraction of sp³-hybridized carbons (Fsp3) is 0.167. The van der Waals surface area contributed by atoms with E-state index in [4.69, 9.17) is 0 Å². The molecule has 0 spiro atoms. The van der Waals surface area contributed by atoms with Gasteiger partial charge in [0.25, 0.3) is 0 Å². The highest BCUT2D eigenvalue weighted by atomic mass is 32.2. The van der Waals surface area contributed by atoms with Gasteiger partial charge < -0.3 is 9.88 Å². The van der Waals surface area contributed by atoms with Crippen molar-refractivity contribution in [1.82, 2.24) is 19.7 Å². The van der Waals surface area contributed by atoms with E-state index in [0.717, 1.165) is 29.7 Å². The molecule has 1 amide bonds. The normalized spacial score (nSPS) is 11.4. The summed E-state index contributed by atoms with van der Waals surface area (Å²) in [6.45, 7) is 0.590. The maximum atomic E-state index is 12.9. The van der Waals surface area contributed by atoms with Gasteiger partial charge in [0.2, 0.25) is 5.91 Å². The van der Waals surface area contributed by atoms with Crippen LogP contribution in [0.1, 0.15) is 11.1 Å². The first-order valence-corrected chi connectivity index (χ1v) is 11.4. The van der Waals surface area contributed by atoms with Crippen molar-refractivity contribution in [2.24, 2.45) is 0 Å². The van der Waals surface area contributed by atoms with E-state index in [1.54, 1.807) is 12.4 Å². The molecule has 0 saturated heterocycles. The molecule has 0 unspecified atom stereocenters. The predicted octanol–water partition coefficient (Wildman–Crippen LogP) is 5.33. The molecule has 0 aliphatic carbocycles. The second-order valence-corrected chi connectivity index (χ2v) is 8.29. The van der Waals surface area contributed by atoms with Crippen LogP contribution in [0.4, 0.5) is 18.9 Å². The van der Waals surface area contributed by atoms with Crippen molar-refractivity contribution in [2.75, 3.05) is 11.1 Å². The summed E-state index contributed by atoms with van der Waals surface area (Å²) in [4.78, 5) is 16.5. The molecule has 2 aromatic carbocycles. The quantitative estimate of drug-likeness (QED) is 0.343. The van der Waals surface area contributed by atoms with E-state index in [2.05, 4.69) is 20.5 Å². The van der Waals surface area contributed by atoms with Crippen molar-refractivity contribution >= 4 is 23.4 Å². The average Bonchev–Trinajstić information content (AvgIpc) is 3.25. The van der Waals surface area contributed by atoms with Crippen LogP contribution < -0.4 is 5.32 Å². The van der Waals surface area contributed by atoms with E-state index in [0.29, 0.717) is 17.5 Å². The van der Waals surface area contributed by atoms with Crippen molar-refractivity contribution in [3.8, 4) is 11.4 Å². The first-order valence-electron chi connectivity index (χ1n) is 10.4. The number of benzene rings is 2. The molecule has 2 aromatic heterocycles. The third-order valence-corrected chi connectivity index (χ3v) is 5.90. The topological polar surface area (TPSA) is 72.7 Å². The molecule has 0 atom stereocenters. The summed E-state index contributed by atoms with van der Waals surface area (Å²) in [7, 11) is 0. The Morgan fingerprint density at radius 3 is 2.47 bits per heavy atom. The number of pyridine rings is 1. The van der Waals surface area contributed by atoms with Gasteiger partial charge in [-0.3, -0.25) is 9.78 Å². The van der Waals surface area contributed by atoms with Gasteiger partial charge in [0.05, 0.1) is 11.3 Å². The lowest BCUT2D eigenvalue weighted by atomic mass is 10.1. The summed E-state index contributed by atoms with van der Waals surface area (Å²) >= 11 is 1.17. The van der Waals surface area contributed by atoms with Crippen LogP contribution in [0.5, 0.6) is 0 Å². The Hall–Kier alpha value is -3.66. The van der Waals surface area contributed by atoms with Crippen molar-refractivity contribution < 1.29 is 18.0 Å². The van der Waals surface area contributed by atoms with Gasteiger partial charge >= 0.3 is 6.18 Å². The summed E-state index contributed by atoms with van der Waals surface area (Å²) in [6, 6.07) is 18.2. The highest BCUT2D eigenvalue weighted by Crippen LogP contribution is 2.31. The number of alkyl halides is 3. The number of rotatable bonds is 8. The predicted molar refractivity (Wildman–Crippen MR) is 124 cm³/mol. The van der Waals surface area contributed by atoms with Crippen LogP contribution >= 0.6 is 11.8 Å². The highest BCUT2D eigenvalue weighted by molar-refractivity contribution is 7.99. The number of hydrogen-bond acceptors (Lipinski definition) is 5. The molecule has 1 N–H and O–H groups in total. The number of thioether (sulfide) groups is 1. The minimum atomic E-state index is -4.48. The summed E-state index contributed by atoms with van der Waals surface area (Å²) in [6.07, 6.45) is -0.406. The number of aromatic nitrogens is 4. The smallest absolute Gasteiger partial charge is 0.325 e. The number of nitrogens with one attached hydrogen (secondary N) is 1. The van der Waals surface area contributed by atoms with Gasteiger partial charge in [0.1, 0.15) is 0 Å². The third kappa shape index (κ3) is 6.02. The van der Waals surface area contributed by atoms with Crippen molar-refractivity contribution in [3.05, 3.63) is 90.3 Å². The van der Waals surface area contributed by atoms with Crippen LogP contribution in [-0.2, 0) is 23.9 Å². The molecular weight excluding hydrogens is 463 g/mol. The number of carbonyl (C=O) groups is 1. The van der Waals surface area contributed by atoms with E-state index in [1.807, 2.05) is 47.0 Å². The molecule has 0 aliphatic rings. The largest absolute Gasteiger partial charge is 0.416 e. The van der Waals surface area contributed by atoms with E-state index >= 15 is 0 Å². The van der Waals surface area contributed by atoms with Crippen LogP contribution in [-0.4, -0.2) is 31.4 Å². The van der Waals surface area contributed by atoms with E-state index < -0.39 is 17.6 Å². The molecule has 34 heavy (non-hydrogen) atoms. The lowest BCUT2D eigenvalue weighted by Gasteiger charge is -2.11. The maximum absolute atomic E-state index is 12.9. The zero-order chi connectivity index (χ0) is 24.0. The Balaban J connectivity index is 1.48. The third-order valence-electron chi connectivity index (χ3n) is 4.93. The van der Waals surface area contributed by atoms with Gasteiger partial charge in [-0.15, -0.1) is 10.2 Å². The summed E-state index contributed by atoms with van der Waals surface area (Å²) < 4.78 is 40.7. The van der Waals surface area contributed by atoms with Crippen LogP contribution in [0, 0.1) is 0 Å². The fourth-order valence-corrected chi connectivity index (χ4v) is 4.06. The monoisotopic (exact) mass is 483 g/mol. The summed E-state index contributed by atoms with van der Waals surface area (Å²) in [5, 5.41) is 11.6. The van der Waals surface area contributed by atoms with Gasteiger partial charge in [0, 0.05) is 30.2 Å². The van der Waals surface area contributed by atoms with Crippen LogP contribution in [0.2, 0.25) is 0 Å². The molecule has 2 heterocycles. The molecule has 0 aliphatic heterocycles. The summed E-state index contributed by atoms with van der Waals surface area (Å²) in [5.41, 5.74) is 1.26. The molecule has 174 valence electrons. The molecule has 0 bridgehead atoms. The number of anilines is 1. The Labute approximate surface area is 198 Å². The number of halogens is 3. The maximum Gasteiger partial charge on any atom is 0.416 e. The zero-order valence-electron chi connectivity index (χ0n) is 17.9. The molecule has 10 heteroatoms. The molecule has 0 radical (unpaired) electrons. The minimum absolute atomic E-state index is 0.0317. The second-order valence-electron chi connectivity index (χ2n) is 7.34. The molecule has 4 rings (SSSR count). The van der Waals surface area contributed by atoms with Gasteiger partial charge in [0.15, 0.2) is 11.0 Å². The molecular formula is C24H20F3N5OS. The van der Waals surface area contributed by atoms with Gasteiger partial charge in [-0.25, -0.2) is 0 Å². The summed E-state index contributed by atoms with van der Waals surface area (Å²) in [5.74, 6) is 0.183.